The normalized spacial score (nSPS) is 21.2. The standard InChI is InChI=1S/C22H33N3O2/c1-15(2)10-16(13-23)11-21(26)27-20-8-4-7-19-22(20)17(14-24-19)12-18-6-5-9-25(18)3/h4,7-8,14-16,18,24H,5-6,9-13,23H2,1-3H3/t16-,18+/m0/s1/i3D3. The fourth-order valence-electron chi connectivity index (χ4n) is 4.10. The van der Waals surface area contributed by atoms with Crippen LogP contribution < -0.4 is 10.5 Å². The van der Waals surface area contributed by atoms with Gasteiger partial charge in [-0.25, -0.2) is 0 Å². The number of ether oxygens (including phenoxy) is 1. The average molecular weight is 375 g/mol. The van der Waals surface area contributed by atoms with Crippen LogP contribution >= 0.6 is 0 Å². The van der Waals surface area contributed by atoms with Crippen molar-refractivity contribution < 1.29 is 13.6 Å². The summed E-state index contributed by atoms with van der Waals surface area (Å²) in [6, 6.07) is 5.54. The lowest BCUT2D eigenvalue weighted by Crippen LogP contribution is -2.26. The second-order valence-corrected chi connectivity index (χ2v) is 8.10. The molecule has 1 aliphatic rings. The second kappa shape index (κ2) is 8.89. The first kappa shape index (κ1) is 16.1. The number of rotatable bonds is 8. The van der Waals surface area contributed by atoms with E-state index in [4.69, 9.17) is 14.6 Å². The molecule has 1 saturated heterocycles. The van der Waals surface area contributed by atoms with E-state index in [0.717, 1.165) is 35.7 Å². The highest BCUT2D eigenvalue weighted by atomic mass is 16.5. The van der Waals surface area contributed by atoms with Crippen molar-refractivity contribution in [2.45, 2.75) is 52.0 Å². The molecule has 2 aromatic rings. The lowest BCUT2D eigenvalue weighted by atomic mass is 9.94. The van der Waals surface area contributed by atoms with Crippen LogP contribution in [0.5, 0.6) is 5.75 Å². The van der Waals surface area contributed by atoms with Crippen molar-refractivity contribution >= 4 is 16.9 Å². The van der Waals surface area contributed by atoms with Gasteiger partial charge in [-0.3, -0.25) is 4.79 Å². The first-order valence-electron chi connectivity index (χ1n) is 11.5. The molecule has 0 amide bonds. The third kappa shape index (κ3) is 4.90. The molecular weight excluding hydrogens is 338 g/mol. The molecular formula is C22H33N3O2. The summed E-state index contributed by atoms with van der Waals surface area (Å²) in [5, 5.41) is 0.858. The SMILES string of the molecule is [2H]C([2H])([2H])N1CCC[C@@H]1Cc1c[nH]c2cccc(OC(=O)C[C@@H](CN)CC(C)C)c12. The van der Waals surface area contributed by atoms with Gasteiger partial charge >= 0.3 is 5.97 Å². The molecule has 1 aromatic carbocycles. The van der Waals surface area contributed by atoms with Crippen molar-refractivity contribution in [3.05, 3.63) is 30.0 Å². The minimum atomic E-state index is -2.09. The smallest absolute Gasteiger partial charge is 0.311 e. The quantitative estimate of drug-likeness (QED) is 0.546. The van der Waals surface area contributed by atoms with Crippen molar-refractivity contribution in [3.8, 4) is 5.75 Å². The molecule has 0 saturated carbocycles. The zero-order valence-electron chi connectivity index (χ0n) is 19.3. The number of nitrogens with one attached hydrogen (secondary N) is 1. The summed E-state index contributed by atoms with van der Waals surface area (Å²) < 4.78 is 29.1. The molecule has 0 unspecified atom stereocenters. The Morgan fingerprint density at radius 2 is 2.33 bits per heavy atom. The summed E-state index contributed by atoms with van der Waals surface area (Å²) >= 11 is 0. The van der Waals surface area contributed by atoms with E-state index >= 15 is 0 Å². The van der Waals surface area contributed by atoms with Gasteiger partial charge in [-0.2, -0.15) is 0 Å². The van der Waals surface area contributed by atoms with Crippen LogP contribution in [0.3, 0.4) is 0 Å². The topological polar surface area (TPSA) is 71.3 Å². The van der Waals surface area contributed by atoms with Gasteiger partial charge in [0, 0.05) is 33.7 Å². The number of hydrogen-bond acceptors (Lipinski definition) is 4. The number of hydrogen-bond donors (Lipinski definition) is 2. The summed E-state index contributed by atoms with van der Waals surface area (Å²) in [5.41, 5.74) is 7.70. The Kier molecular flexibility index (Phi) is 5.31. The number of likely N-dealkylation sites (tertiary alicyclic amines) is 1. The molecule has 148 valence electrons. The molecule has 2 atom stereocenters. The molecule has 27 heavy (non-hydrogen) atoms. The Bertz CT molecular complexity index is 863. The number of fused-ring (bicyclic) bond motifs is 1. The first-order valence-corrected chi connectivity index (χ1v) is 9.95. The monoisotopic (exact) mass is 374 g/mol. The number of likely N-dealkylation sites (N-methyl/N-ethyl adjacent to an activating group) is 1. The van der Waals surface area contributed by atoms with E-state index in [0.29, 0.717) is 37.6 Å². The van der Waals surface area contributed by atoms with Crippen LogP contribution in [0.15, 0.2) is 24.4 Å². The molecule has 0 radical (unpaired) electrons. The Morgan fingerprint density at radius 3 is 3.07 bits per heavy atom. The van der Waals surface area contributed by atoms with Crippen molar-refractivity contribution in [3.63, 3.8) is 0 Å². The average Bonchev–Trinajstić information content (AvgIpc) is 3.28. The zero-order valence-corrected chi connectivity index (χ0v) is 16.3. The van der Waals surface area contributed by atoms with Gasteiger partial charge in [-0.15, -0.1) is 0 Å². The van der Waals surface area contributed by atoms with Crippen LogP contribution in [0.25, 0.3) is 10.9 Å². The number of nitrogens with zero attached hydrogens (tertiary/aromatic N) is 1. The molecule has 0 aliphatic carbocycles. The van der Waals surface area contributed by atoms with Crippen molar-refractivity contribution in [1.82, 2.24) is 9.88 Å². The number of carbonyl (C=O) groups is 1. The van der Waals surface area contributed by atoms with Gasteiger partial charge in [0.05, 0.1) is 0 Å². The van der Waals surface area contributed by atoms with Gasteiger partial charge in [0.2, 0.25) is 0 Å². The predicted octanol–water partition coefficient (Wildman–Crippen LogP) is 3.72. The van der Waals surface area contributed by atoms with Gasteiger partial charge < -0.3 is 20.4 Å². The van der Waals surface area contributed by atoms with Gasteiger partial charge in [-0.05, 0) is 75.3 Å². The van der Waals surface area contributed by atoms with Gasteiger partial charge in [0.1, 0.15) is 5.75 Å². The van der Waals surface area contributed by atoms with E-state index in [1.807, 2.05) is 18.3 Å². The van der Waals surface area contributed by atoms with E-state index in [-0.39, 0.29) is 17.9 Å². The first-order chi connectivity index (χ1) is 14.2. The number of H-pyrrole nitrogens is 1. The van der Waals surface area contributed by atoms with Gasteiger partial charge in [0.25, 0.3) is 0 Å². The number of aromatic nitrogens is 1. The van der Waals surface area contributed by atoms with E-state index in [1.165, 1.54) is 0 Å². The van der Waals surface area contributed by atoms with Gasteiger partial charge in [0.15, 0.2) is 0 Å². The third-order valence-corrected chi connectivity index (χ3v) is 5.40. The zero-order chi connectivity index (χ0) is 21.9. The Hall–Kier alpha value is -1.85. The van der Waals surface area contributed by atoms with Gasteiger partial charge in [-0.1, -0.05) is 19.9 Å². The predicted molar refractivity (Wildman–Crippen MR) is 110 cm³/mol. The Balaban J connectivity index is 1.78. The molecule has 3 N–H and O–H groups in total. The Labute approximate surface area is 166 Å². The lowest BCUT2D eigenvalue weighted by molar-refractivity contribution is -0.135. The summed E-state index contributed by atoms with van der Waals surface area (Å²) in [7, 11) is 0. The molecule has 1 fully saturated rings. The summed E-state index contributed by atoms with van der Waals surface area (Å²) in [4.78, 5) is 17.4. The van der Waals surface area contributed by atoms with Crippen molar-refractivity contribution in [1.29, 1.82) is 0 Å². The lowest BCUT2D eigenvalue weighted by Gasteiger charge is -2.19. The number of nitrogens with two attached hydrogens (primary N) is 1. The molecule has 0 spiro atoms. The summed E-state index contributed by atoms with van der Waals surface area (Å²) in [5.74, 6) is 0.815. The van der Waals surface area contributed by atoms with Crippen LogP contribution in [0.2, 0.25) is 0 Å². The maximum Gasteiger partial charge on any atom is 0.311 e. The largest absolute Gasteiger partial charge is 0.426 e. The fraction of sp³-hybridized carbons (Fsp3) is 0.591. The van der Waals surface area contributed by atoms with Crippen LogP contribution in [-0.4, -0.2) is 42.0 Å². The number of carbonyl (C=O) groups excluding carboxylic acids is 1. The number of esters is 1. The number of aromatic amines is 1. The maximum absolute atomic E-state index is 12.6. The minimum Gasteiger partial charge on any atom is -0.426 e. The van der Waals surface area contributed by atoms with E-state index in [2.05, 4.69) is 18.8 Å². The second-order valence-electron chi connectivity index (χ2n) is 8.10. The molecule has 2 heterocycles. The highest BCUT2D eigenvalue weighted by Crippen LogP contribution is 2.32. The fourth-order valence-corrected chi connectivity index (χ4v) is 4.10. The van der Waals surface area contributed by atoms with E-state index in [1.54, 1.807) is 11.0 Å². The van der Waals surface area contributed by atoms with Crippen LogP contribution in [0.4, 0.5) is 0 Å². The summed E-state index contributed by atoms with van der Waals surface area (Å²) in [6.45, 7) is 3.19. The van der Waals surface area contributed by atoms with Crippen molar-refractivity contribution in [2.24, 2.45) is 17.6 Å². The van der Waals surface area contributed by atoms with Crippen LogP contribution in [0.1, 0.15) is 49.2 Å². The molecule has 1 aromatic heterocycles. The minimum absolute atomic E-state index is 0.0482. The summed E-state index contributed by atoms with van der Waals surface area (Å²) in [6.07, 6.45) is 5.41. The van der Waals surface area contributed by atoms with Crippen LogP contribution in [-0.2, 0) is 11.2 Å². The van der Waals surface area contributed by atoms with E-state index < -0.39 is 6.98 Å². The molecule has 3 rings (SSSR count). The van der Waals surface area contributed by atoms with E-state index in [9.17, 15) is 4.79 Å². The Morgan fingerprint density at radius 1 is 1.48 bits per heavy atom. The highest BCUT2D eigenvalue weighted by molar-refractivity contribution is 5.91. The number of benzene rings is 1. The maximum atomic E-state index is 12.6. The molecule has 0 bridgehead atoms. The highest BCUT2D eigenvalue weighted by Gasteiger charge is 2.23. The van der Waals surface area contributed by atoms with Crippen LogP contribution in [0, 0.1) is 11.8 Å². The third-order valence-electron chi connectivity index (χ3n) is 5.40. The van der Waals surface area contributed by atoms with Crippen molar-refractivity contribution in [2.75, 3.05) is 20.1 Å². The molecule has 1 aliphatic heterocycles. The molecule has 5 heteroatoms. The molecule has 5 nitrogen and oxygen atoms in total.